The molecule has 0 atom stereocenters. The van der Waals surface area contributed by atoms with Crippen molar-refractivity contribution in [1.82, 2.24) is 0 Å². The number of nitriles is 1. The van der Waals surface area contributed by atoms with Crippen LogP contribution in [0.25, 0.3) is 5.70 Å². The van der Waals surface area contributed by atoms with Crippen molar-refractivity contribution in [3.05, 3.63) is 27.5 Å². The zero-order valence-corrected chi connectivity index (χ0v) is 9.32. The van der Waals surface area contributed by atoms with Gasteiger partial charge in [0.1, 0.15) is 0 Å². The second-order valence-electron chi connectivity index (χ2n) is 2.99. The number of nitrogens with two attached hydrogens (primary N) is 1. The van der Waals surface area contributed by atoms with Crippen LogP contribution in [0.4, 0.5) is 0 Å². The summed E-state index contributed by atoms with van der Waals surface area (Å²) < 4.78 is 0. The summed E-state index contributed by atoms with van der Waals surface area (Å²) >= 11 is 1.61. The van der Waals surface area contributed by atoms with Gasteiger partial charge in [0.2, 0.25) is 0 Å². The van der Waals surface area contributed by atoms with Gasteiger partial charge in [-0.25, -0.2) is 0 Å². The summed E-state index contributed by atoms with van der Waals surface area (Å²) in [7, 11) is 0. The van der Waals surface area contributed by atoms with Gasteiger partial charge in [0, 0.05) is 0 Å². The van der Waals surface area contributed by atoms with Gasteiger partial charge in [-0.05, 0) is 29.9 Å². The summed E-state index contributed by atoms with van der Waals surface area (Å²) in [6.07, 6.45) is 1.66. The second kappa shape index (κ2) is 4.83. The molecule has 1 aromatic heterocycles. The van der Waals surface area contributed by atoms with E-state index in [-0.39, 0.29) is 0 Å². The largest absolute Gasteiger partial charge is 0.397 e. The van der Waals surface area contributed by atoms with Crippen LogP contribution in [0.1, 0.15) is 30.7 Å². The third kappa shape index (κ3) is 1.97. The highest BCUT2D eigenvalue weighted by molar-refractivity contribution is 7.11. The van der Waals surface area contributed by atoms with Gasteiger partial charge in [-0.3, -0.25) is 0 Å². The maximum atomic E-state index is 8.88. The number of thiophene rings is 1. The van der Waals surface area contributed by atoms with E-state index in [2.05, 4.69) is 19.1 Å². The fourth-order valence-corrected chi connectivity index (χ4v) is 2.30. The van der Waals surface area contributed by atoms with E-state index in [1.807, 2.05) is 12.3 Å². The molecule has 74 valence electrons. The summed E-state index contributed by atoms with van der Waals surface area (Å²) in [5.41, 5.74) is 8.52. The quantitative estimate of drug-likeness (QED) is 0.773. The predicted molar refractivity (Wildman–Crippen MR) is 60.7 cm³/mol. The first-order chi connectivity index (χ1) is 6.74. The van der Waals surface area contributed by atoms with Crippen LogP contribution < -0.4 is 5.73 Å². The fraction of sp³-hybridized carbons (Fsp3) is 0.364. The number of rotatable bonds is 3. The van der Waals surface area contributed by atoms with Crippen molar-refractivity contribution in [3.63, 3.8) is 0 Å². The lowest BCUT2D eigenvalue weighted by Gasteiger charge is -2.03. The number of nitrogens with zero attached hydrogens (tertiary/aromatic N) is 1. The minimum absolute atomic E-state index is 0.654. The second-order valence-corrected chi connectivity index (χ2v) is 3.90. The van der Waals surface area contributed by atoms with Crippen molar-refractivity contribution in [2.75, 3.05) is 0 Å². The molecule has 0 radical (unpaired) electrons. The summed E-state index contributed by atoms with van der Waals surface area (Å²) in [6, 6.07) is 4.22. The first kappa shape index (κ1) is 10.8. The van der Waals surface area contributed by atoms with Crippen molar-refractivity contribution < 1.29 is 0 Å². The Morgan fingerprint density at radius 2 is 2.29 bits per heavy atom. The van der Waals surface area contributed by atoms with Crippen molar-refractivity contribution in [2.24, 2.45) is 5.73 Å². The molecule has 0 unspecified atom stereocenters. The lowest BCUT2D eigenvalue weighted by Crippen LogP contribution is -2.00. The number of aryl methyl sites for hydroxylation is 1. The SMILES string of the molecule is CC/C(C#N)=C(/N)c1sccc1CC. The van der Waals surface area contributed by atoms with E-state index >= 15 is 0 Å². The monoisotopic (exact) mass is 206 g/mol. The van der Waals surface area contributed by atoms with Gasteiger partial charge in [0.15, 0.2) is 0 Å². The van der Waals surface area contributed by atoms with E-state index in [0.717, 1.165) is 11.3 Å². The van der Waals surface area contributed by atoms with Crippen LogP contribution in [0.15, 0.2) is 17.0 Å². The van der Waals surface area contributed by atoms with Crippen LogP contribution in [-0.2, 0) is 6.42 Å². The third-order valence-electron chi connectivity index (χ3n) is 2.19. The summed E-state index contributed by atoms with van der Waals surface area (Å²) in [5.74, 6) is 0. The first-order valence-corrected chi connectivity index (χ1v) is 5.58. The molecule has 0 aliphatic rings. The normalized spacial score (nSPS) is 12.1. The van der Waals surface area contributed by atoms with Crippen LogP contribution in [0, 0.1) is 11.3 Å². The van der Waals surface area contributed by atoms with E-state index in [1.165, 1.54) is 5.56 Å². The van der Waals surface area contributed by atoms with Crippen LogP contribution in [0.5, 0.6) is 0 Å². The number of allylic oxidation sites excluding steroid dienone is 1. The minimum atomic E-state index is 0.654. The zero-order valence-electron chi connectivity index (χ0n) is 8.50. The molecule has 0 fully saturated rings. The van der Waals surface area contributed by atoms with Gasteiger partial charge in [-0.1, -0.05) is 13.8 Å². The highest BCUT2D eigenvalue weighted by atomic mass is 32.1. The minimum Gasteiger partial charge on any atom is -0.397 e. The molecule has 0 aliphatic heterocycles. The molecule has 1 aromatic rings. The van der Waals surface area contributed by atoms with Crippen molar-refractivity contribution >= 4 is 17.0 Å². The van der Waals surface area contributed by atoms with Gasteiger partial charge in [-0.15, -0.1) is 11.3 Å². The molecule has 0 saturated carbocycles. The third-order valence-corrected chi connectivity index (χ3v) is 3.18. The molecule has 0 aromatic carbocycles. The Kier molecular flexibility index (Phi) is 3.73. The Balaban J connectivity index is 3.17. The zero-order chi connectivity index (χ0) is 10.6. The maximum Gasteiger partial charge on any atom is 0.0969 e. The maximum absolute atomic E-state index is 8.88. The fourth-order valence-electron chi connectivity index (χ4n) is 1.32. The molecule has 0 amide bonds. The Morgan fingerprint density at radius 1 is 1.57 bits per heavy atom. The van der Waals surface area contributed by atoms with Crippen LogP contribution >= 0.6 is 11.3 Å². The van der Waals surface area contributed by atoms with Crippen LogP contribution in [-0.4, -0.2) is 0 Å². The van der Waals surface area contributed by atoms with E-state index in [0.29, 0.717) is 17.7 Å². The molecule has 0 bridgehead atoms. The van der Waals surface area contributed by atoms with Gasteiger partial charge < -0.3 is 5.73 Å². The molecular formula is C11H14N2S. The van der Waals surface area contributed by atoms with E-state index in [4.69, 9.17) is 11.0 Å². The van der Waals surface area contributed by atoms with Gasteiger partial charge in [-0.2, -0.15) is 5.26 Å². The Morgan fingerprint density at radius 3 is 2.79 bits per heavy atom. The molecule has 1 rings (SSSR count). The molecule has 3 heteroatoms. The van der Waals surface area contributed by atoms with Gasteiger partial charge in [0.05, 0.1) is 22.2 Å². The highest BCUT2D eigenvalue weighted by Crippen LogP contribution is 2.25. The smallest absolute Gasteiger partial charge is 0.0969 e. The van der Waals surface area contributed by atoms with E-state index < -0.39 is 0 Å². The molecule has 2 nitrogen and oxygen atoms in total. The Hall–Kier alpha value is -1.27. The number of hydrogen-bond donors (Lipinski definition) is 1. The van der Waals surface area contributed by atoms with Crippen molar-refractivity contribution in [3.8, 4) is 6.07 Å². The summed E-state index contributed by atoms with van der Waals surface area (Å²) in [6.45, 7) is 4.04. The topological polar surface area (TPSA) is 49.8 Å². The molecular weight excluding hydrogens is 192 g/mol. The number of hydrogen-bond acceptors (Lipinski definition) is 3. The molecule has 2 N–H and O–H groups in total. The summed E-state index contributed by atoms with van der Waals surface area (Å²) in [5, 5.41) is 10.9. The lowest BCUT2D eigenvalue weighted by atomic mass is 10.1. The van der Waals surface area contributed by atoms with Gasteiger partial charge in [0.25, 0.3) is 0 Å². The van der Waals surface area contributed by atoms with Crippen LogP contribution in [0.3, 0.4) is 0 Å². The molecule has 0 aliphatic carbocycles. The van der Waals surface area contributed by atoms with Crippen LogP contribution in [0.2, 0.25) is 0 Å². The standard InChI is InChI=1S/C11H14N2S/c1-3-8-5-6-14-11(8)10(13)9(4-2)7-12/h5-6H,3-4,13H2,1-2H3/b10-9-. The van der Waals surface area contributed by atoms with E-state index in [1.54, 1.807) is 11.3 Å². The first-order valence-electron chi connectivity index (χ1n) is 4.70. The molecule has 1 heterocycles. The Bertz CT molecular complexity index is 382. The molecule has 0 spiro atoms. The molecule has 14 heavy (non-hydrogen) atoms. The predicted octanol–water partition coefficient (Wildman–Crippen LogP) is 2.91. The van der Waals surface area contributed by atoms with Crippen molar-refractivity contribution in [2.45, 2.75) is 26.7 Å². The molecule has 0 saturated heterocycles. The Labute approximate surface area is 88.7 Å². The average molecular weight is 206 g/mol. The lowest BCUT2D eigenvalue weighted by molar-refractivity contribution is 1.12. The average Bonchev–Trinajstić information content (AvgIpc) is 2.67. The van der Waals surface area contributed by atoms with Crippen molar-refractivity contribution in [1.29, 1.82) is 5.26 Å². The van der Waals surface area contributed by atoms with Gasteiger partial charge >= 0.3 is 0 Å². The highest BCUT2D eigenvalue weighted by Gasteiger charge is 2.09. The van der Waals surface area contributed by atoms with E-state index in [9.17, 15) is 0 Å². The summed E-state index contributed by atoms with van der Waals surface area (Å²) in [4.78, 5) is 1.06.